The van der Waals surface area contributed by atoms with Gasteiger partial charge in [0.25, 0.3) is 0 Å². The zero-order valence-corrected chi connectivity index (χ0v) is 14.7. The van der Waals surface area contributed by atoms with Gasteiger partial charge in [0.15, 0.2) is 5.78 Å². The third kappa shape index (κ3) is 30.0. The first-order chi connectivity index (χ1) is 9.34. The summed E-state index contributed by atoms with van der Waals surface area (Å²) in [4.78, 5) is 32.1. The van der Waals surface area contributed by atoms with Gasteiger partial charge in [-0.25, -0.2) is 0 Å². The van der Waals surface area contributed by atoms with Crippen molar-refractivity contribution in [2.45, 2.75) is 74.8 Å². The van der Waals surface area contributed by atoms with Crippen molar-refractivity contribution in [1.82, 2.24) is 10.6 Å². The molecule has 5 heteroatoms. The third-order valence-corrected chi connectivity index (χ3v) is 1.49. The van der Waals surface area contributed by atoms with Crippen LogP contribution in [0, 0.1) is 0 Å². The van der Waals surface area contributed by atoms with Gasteiger partial charge in [0.1, 0.15) is 0 Å². The number of carbonyl (C=O) groups excluding carboxylic acids is 3. The quantitative estimate of drug-likeness (QED) is 0.836. The summed E-state index contributed by atoms with van der Waals surface area (Å²) >= 11 is 0. The van der Waals surface area contributed by atoms with Crippen molar-refractivity contribution < 1.29 is 14.4 Å². The third-order valence-electron chi connectivity index (χ3n) is 1.49. The smallest absolute Gasteiger partial charge is 0.239 e. The molecule has 0 saturated carbocycles. The van der Waals surface area contributed by atoms with Crippen molar-refractivity contribution in [3.05, 3.63) is 0 Å². The zero-order valence-electron chi connectivity index (χ0n) is 14.7. The Kier molecular flexibility index (Phi) is 30.8. The largest absolute Gasteiger partial charge is 0.347 e. The molecule has 0 heterocycles. The van der Waals surface area contributed by atoms with Crippen LogP contribution in [-0.2, 0) is 14.4 Å². The second kappa shape index (κ2) is 22.8. The lowest BCUT2D eigenvalue weighted by atomic mass is 10.2. The molecule has 0 aromatic rings. The second-order valence-corrected chi connectivity index (χ2v) is 3.52. The van der Waals surface area contributed by atoms with Gasteiger partial charge in [-0.15, -0.1) is 0 Å². The molecule has 5 nitrogen and oxygen atoms in total. The average Bonchev–Trinajstić information content (AvgIpc) is 2.41. The van der Waals surface area contributed by atoms with Crippen molar-refractivity contribution in [3.63, 3.8) is 0 Å². The minimum atomic E-state index is -0.499. The van der Waals surface area contributed by atoms with E-state index in [1.54, 1.807) is 6.92 Å². The monoisotopic (exact) mass is 290 g/mol. The molecule has 0 aliphatic rings. The van der Waals surface area contributed by atoms with Gasteiger partial charge < -0.3 is 10.6 Å². The summed E-state index contributed by atoms with van der Waals surface area (Å²) in [5, 5.41) is 4.76. The van der Waals surface area contributed by atoms with Gasteiger partial charge in [0.2, 0.25) is 11.8 Å². The highest BCUT2D eigenvalue weighted by Crippen LogP contribution is 1.82. The molecule has 1 atom stereocenters. The fourth-order valence-electron chi connectivity index (χ4n) is 0.599. The van der Waals surface area contributed by atoms with E-state index >= 15 is 0 Å². The van der Waals surface area contributed by atoms with E-state index in [4.69, 9.17) is 0 Å². The maximum atomic E-state index is 11.0. The van der Waals surface area contributed by atoms with Gasteiger partial charge in [0, 0.05) is 6.92 Å². The van der Waals surface area contributed by atoms with Gasteiger partial charge in [0.05, 0.1) is 12.6 Å². The zero-order chi connectivity index (χ0) is 17.1. The molecule has 0 unspecified atom stereocenters. The van der Waals surface area contributed by atoms with Crippen LogP contribution in [0.4, 0.5) is 0 Å². The normalized spacial score (nSPS) is 9.05. The van der Waals surface area contributed by atoms with E-state index < -0.39 is 6.04 Å². The Morgan fingerprint density at radius 2 is 1.30 bits per heavy atom. The van der Waals surface area contributed by atoms with Gasteiger partial charge in [-0.1, -0.05) is 48.0 Å². The SMILES string of the molecule is CC.CC.CC(=O)NCC(=O)N[C@@H](C)C(C)=O.CCC. The molecule has 0 saturated heterocycles. The lowest BCUT2D eigenvalue weighted by molar-refractivity contribution is -0.127. The van der Waals surface area contributed by atoms with Gasteiger partial charge in [-0.05, 0) is 13.8 Å². The number of hydrogen-bond acceptors (Lipinski definition) is 3. The fourth-order valence-corrected chi connectivity index (χ4v) is 0.599. The molecule has 0 aliphatic carbocycles. The minimum Gasteiger partial charge on any atom is -0.347 e. The van der Waals surface area contributed by atoms with Crippen LogP contribution in [0.5, 0.6) is 0 Å². The van der Waals surface area contributed by atoms with E-state index in [-0.39, 0.29) is 24.1 Å². The first-order valence-electron chi connectivity index (χ1n) is 7.39. The predicted molar refractivity (Wildman–Crippen MR) is 85.6 cm³/mol. The van der Waals surface area contributed by atoms with Gasteiger partial charge in [-0.3, -0.25) is 14.4 Å². The maximum absolute atomic E-state index is 11.0. The lowest BCUT2D eigenvalue weighted by Gasteiger charge is -2.10. The van der Waals surface area contributed by atoms with Crippen molar-refractivity contribution >= 4 is 17.6 Å². The van der Waals surface area contributed by atoms with Crippen LogP contribution < -0.4 is 10.6 Å². The Balaban J connectivity index is -0.000000155. The number of amides is 2. The number of hydrogen-bond donors (Lipinski definition) is 2. The van der Waals surface area contributed by atoms with E-state index in [0.29, 0.717) is 0 Å². The van der Waals surface area contributed by atoms with Crippen LogP contribution in [0.15, 0.2) is 0 Å². The van der Waals surface area contributed by atoms with E-state index in [9.17, 15) is 14.4 Å². The topological polar surface area (TPSA) is 75.3 Å². The number of Topliss-reactive ketones (excluding diaryl/α,β-unsaturated/α-hetero) is 1. The molecule has 0 bridgehead atoms. The van der Waals surface area contributed by atoms with Crippen LogP contribution in [0.3, 0.4) is 0 Å². The number of nitrogens with one attached hydrogen (secondary N) is 2. The highest BCUT2D eigenvalue weighted by molar-refractivity contribution is 5.89. The molecule has 0 aliphatic heterocycles. The van der Waals surface area contributed by atoms with E-state index in [1.807, 2.05) is 27.7 Å². The summed E-state index contributed by atoms with van der Waals surface area (Å²) < 4.78 is 0. The molecule has 0 aromatic carbocycles. The molecule has 2 amide bonds. The van der Waals surface area contributed by atoms with Crippen molar-refractivity contribution in [2.24, 2.45) is 0 Å². The van der Waals surface area contributed by atoms with Crippen LogP contribution in [0.1, 0.15) is 68.7 Å². The highest BCUT2D eigenvalue weighted by atomic mass is 16.2. The summed E-state index contributed by atoms with van der Waals surface area (Å²) in [6.07, 6.45) is 1.25. The molecule has 2 N–H and O–H groups in total. The van der Waals surface area contributed by atoms with Gasteiger partial charge in [-0.2, -0.15) is 0 Å². The number of rotatable bonds is 4. The summed E-state index contributed by atoms with van der Waals surface area (Å²) in [6.45, 7) is 16.5. The summed E-state index contributed by atoms with van der Waals surface area (Å²) in [5.74, 6) is -0.750. The summed E-state index contributed by atoms with van der Waals surface area (Å²) in [5.41, 5.74) is 0. The Labute approximate surface area is 124 Å². The number of ketones is 1. The molecule has 20 heavy (non-hydrogen) atoms. The first-order valence-corrected chi connectivity index (χ1v) is 7.39. The summed E-state index contributed by atoms with van der Waals surface area (Å²) in [7, 11) is 0. The molecule has 0 fully saturated rings. The van der Waals surface area contributed by atoms with E-state index in [0.717, 1.165) is 0 Å². The van der Waals surface area contributed by atoms with Crippen LogP contribution >= 0.6 is 0 Å². The fraction of sp³-hybridized carbons (Fsp3) is 0.800. The average molecular weight is 290 g/mol. The number of carbonyl (C=O) groups is 3. The first kappa shape index (κ1) is 27.0. The van der Waals surface area contributed by atoms with Crippen LogP contribution in [0.2, 0.25) is 0 Å². The molecule has 0 spiro atoms. The molecular formula is C15H34N2O3. The molecule has 122 valence electrons. The second-order valence-electron chi connectivity index (χ2n) is 3.52. The highest BCUT2D eigenvalue weighted by Gasteiger charge is 2.10. The van der Waals surface area contributed by atoms with Crippen molar-refractivity contribution in [3.8, 4) is 0 Å². The van der Waals surface area contributed by atoms with Crippen molar-refractivity contribution in [2.75, 3.05) is 6.54 Å². The standard InChI is InChI=1S/C8H14N2O3.C3H8.2C2H6/c1-5(6(2)11)10-8(13)4-9-7(3)12;1-3-2;2*1-2/h5H,4H2,1-3H3,(H,9,12)(H,10,13);3H2,1-2H3;2*1-2H3/t5-;;;/m0.../s1. The van der Waals surface area contributed by atoms with Gasteiger partial charge >= 0.3 is 0 Å². The summed E-state index contributed by atoms with van der Waals surface area (Å²) in [6, 6.07) is -0.499. The maximum Gasteiger partial charge on any atom is 0.239 e. The minimum absolute atomic E-state index is 0.0903. The Morgan fingerprint density at radius 3 is 1.55 bits per heavy atom. The van der Waals surface area contributed by atoms with E-state index in [1.165, 1.54) is 20.3 Å². The van der Waals surface area contributed by atoms with Crippen LogP contribution in [-0.4, -0.2) is 30.2 Å². The molecular weight excluding hydrogens is 256 g/mol. The lowest BCUT2D eigenvalue weighted by Crippen LogP contribution is -2.42. The Morgan fingerprint density at radius 1 is 0.950 bits per heavy atom. The molecule has 0 aromatic heterocycles. The Bertz CT molecular complexity index is 241. The Hall–Kier alpha value is -1.39. The van der Waals surface area contributed by atoms with Crippen LogP contribution in [0.25, 0.3) is 0 Å². The predicted octanol–water partition coefficient (Wildman–Crippen LogP) is 2.68. The molecule has 0 radical (unpaired) electrons. The molecule has 0 rings (SSSR count). The van der Waals surface area contributed by atoms with E-state index in [2.05, 4.69) is 24.5 Å². The van der Waals surface area contributed by atoms with Crippen molar-refractivity contribution in [1.29, 1.82) is 0 Å².